The molecule has 1 unspecified atom stereocenters. The van der Waals surface area contributed by atoms with Crippen LogP contribution in [0.3, 0.4) is 0 Å². The van der Waals surface area contributed by atoms with Crippen LogP contribution in [0.2, 0.25) is 0 Å². The number of hydrogen-bond donors (Lipinski definition) is 0. The van der Waals surface area contributed by atoms with Crippen LogP contribution in [-0.4, -0.2) is 37.2 Å². The third-order valence-electron chi connectivity index (χ3n) is 14.1. The zero-order valence-corrected chi connectivity index (χ0v) is 52.8. The molecule has 6 nitrogen and oxygen atoms in total. The number of allylic oxidation sites excluding steroid dienone is 22. The minimum Gasteiger partial charge on any atom is -0.462 e. The van der Waals surface area contributed by atoms with E-state index in [1.807, 2.05) is 0 Å². The summed E-state index contributed by atoms with van der Waals surface area (Å²) >= 11 is 0. The molecule has 81 heavy (non-hydrogen) atoms. The van der Waals surface area contributed by atoms with Gasteiger partial charge in [-0.3, -0.25) is 14.4 Å². The van der Waals surface area contributed by atoms with Crippen LogP contribution in [0.4, 0.5) is 0 Å². The zero-order valence-electron chi connectivity index (χ0n) is 52.8. The lowest BCUT2D eigenvalue weighted by molar-refractivity contribution is -0.167. The molecule has 0 bridgehead atoms. The summed E-state index contributed by atoms with van der Waals surface area (Å²) in [5, 5.41) is 0. The van der Waals surface area contributed by atoms with Crippen molar-refractivity contribution in [3.63, 3.8) is 0 Å². The third-order valence-corrected chi connectivity index (χ3v) is 14.1. The topological polar surface area (TPSA) is 78.9 Å². The highest BCUT2D eigenvalue weighted by atomic mass is 16.6. The SMILES string of the molecule is CC/C=C\C/C=C\C/C=C\C/C=C\C/C=C\CCCCCCCC(=O)OCC(COC(=O)CCCCCCCC/C=C\C/C=C\C/C=C\CCCCCCC)OC(=O)CCCCCCCC/C=C\C/C=C\C/C=C\CCCCCCC. The Hall–Kier alpha value is -4.45. The van der Waals surface area contributed by atoms with Crippen LogP contribution in [0.5, 0.6) is 0 Å². The zero-order chi connectivity index (χ0) is 58.5. The van der Waals surface area contributed by atoms with E-state index in [0.717, 1.165) is 161 Å². The number of ether oxygens (including phenoxy) is 3. The van der Waals surface area contributed by atoms with E-state index in [-0.39, 0.29) is 31.1 Å². The summed E-state index contributed by atoms with van der Waals surface area (Å²) in [6, 6.07) is 0. The Bertz CT molecular complexity index is 1720. The van der Waals surface area contributed by atoms with Gasteiger partial charge in [-0.25, -0.2) is 0 Å². The number of carbonyl (C=O) groups is 3. The van der Waals surface area contributed by atoms with E-state index in [1.54, 1.807) is 0 Å². The van der Waals surface area contributed by atoms with Crippen LogP contribution >= 0.6 is 0 Å². The molecule has 0 aromatic carbocycles. The maximum absolute atomic E-state index is 13.0. The molecule has 460 valence electrons. The Morgan fingerprint density at radius 2 is 0.481 bits per heavy atom. The lowest BCUT2D eigenvalue weighted by Gasteiger charge is -2.18. The molecule has 0 radical (unpaired) electrons. The first kappa shape index (κ1) is 76.5. The molecule has 0 aliphatic carbocycles. The summed E-state index contributed by atoms with van der Waals surface area (Å²) in [6.45, 7) is 6.48. The molecule has 6 heteroatoms. The summed E-state index contributed by atoms with van der Waals surface area (Å²) in [4.78, 5) is 38.4. The van der Waals surface area contributed by atoms with Crippen LogP contribution < -0.4 is 0 Å². The second-order valence-corrected chi connectivity index (χ2v) is 22.0. The highest BCUT2D eigenvalue weighted by molar-refractivity contribution is 5.71. The minimum atomic E-state index is -0.807. The van der Waals surface area contributed by atoms with Crippen molar-refractivity contribution < 1.29 is 28.6 Å². The summed E-state index contributed by atoms with van der Waals surface area (Å²) < 4.78 is 16.9. The fourth-order valence-corrected chi connectivity index (χ4v) is 9.07. The molecule has 0 aromatic rings. The van der Waals surface area contributed by atoms with Gasteiger partial charge in [-0.05, 0) is 141 Å². The van der Waals surface area contributed by atoms with E-state index < -0.39 is 6.10 Å². The van der Waals surface area contributed by atoms with E-state index in [4.69, 9.17) is 14.2 Å². The molecule has 0 aliphatic rings. The molecule has 0 amide bonds. The Morgan fingerprint density at radius 3 is 0.753 bits per heavy atom. The first-order valence-corrected chi connectivity index (χ1v) is 33.7. The van der Waals surface area contributed by atoms with Gasteiger partial charge >= 0.3 is 17.9 Å². The monoisotopic (exact) mass is 1120 g/mol. The van der Waals surface area contributed by atoms with Gasteiger partial charge < -0.3 is 14.2 Å². The fraction of sp³-hybridized carbons (Fsp3) is 0.667. The maximum Gasteiger partial charge on any atom is 0.306 e. The van der Waals surface area contributed by atoms with E-state index in [9.17, 15) is 14.4 Å². The summed E-state index contributed by atoms with van der Waals surface area (Å²) in [5.74, 6) is -0.939. The first-order valence-electron chi connectivity index (χ1n) is 33.7. The van der Waals surface area contributed by atoms with Crippen molar-refractivity contribution in [3.05, 3.63) is 134 Å². The minimum absolute atomic E-state index is 0.100. The molecular weight excluding hydrogens is 997 g/mol. The van der Waals surface area contributed by atoms with Gasteiger partial charge in [0.2, 0.25) is 0 Å². The Morgan fingerprint density at radius 1 is 0.259 bits per heavy atom. The molecule has 0 heterocycles. The molecule has 0 rings (SSSR count). The lowest BCUT2D eigenvalue weighted by atomic mass is 10.1. The van der Waals surface area contributed by atoms with E-state index in [1.165, 1.54) is 103 Å². The van der Waals surface area contributed by atoms with Crippen molar-refractivity contribution in [2.75, 3.05) is 13.2 Å². The van der Waals surface area contributed by atoms with Crippen molar-refractivity contribution in [1.29, 1.82) is 0 Å². The summed E-state index contributed by atoms with van der Waals surface area (Å²) in [5.41, 5.74) is 0. The van der Waals surface area contributed by atoms with Crippen molar-refractivity contribution >= 4 is 17.9 Å². The van der Waals surface area contributed by atoms with Gasteiger partial charge in [-0.1, -0.05) is 276 Å². The summed E-state index contributed by atoms with van der Waals surface area (Å²) in [7, 11) is 0. The van der Waals surface area contributed by atoms with Gasteiger partial charge in [0.15, 0.2) is 6.10 Å². The number of carbonyl (C=O) groups excluding carboxylic acids is 3. The second-order valence-electron chi connectivity index (χ2n) is 22.0. The number of rotatable bonds is 60. The van der Waals surface area contributed by atoms with Gasteiger partial charge in [-0.2, -0.15) is 0 Å². The van der Waals surface area contributed by atoms with Crippen LogP contribution in [0.15, 0.2) is 134 Å². The first-order chi connectivity index (χ1) is 40.0. The Labute approximate surface area is 500 Å². The number of hydrogen-bond acceptors (Lipinski definition) is 6. The molecule has 0 saturated heterocycles. The average Bonchev–Trinajstić information content (AvgIpc) is 3.47. The van der Waals surface area contributed by atoms with Crippen molar-refractivity contribution in [2.24, 2.45) is 0 Å². The maximum atomic E-state index is 13.0. The van der Waals surface area contributed by atoms with Gasteiger partial charge in [0.1, 0.15) is 13.2 Å². The van der Waals surface area contributed by atoms with E-state index in [0.29, 0.717) is 19.3 Å². The van der Waals surface area contributed by atoms with Crippen LogP contribution in [0, 0.1) is 0 Å². The van der Waals surface area contributed by atoms with Crippen molar-refractivity contribution in [2.45, 2.75) is 309 Å². The lowest BCUT2D eigenvalue weighted by Crippen LogP contribution is -2.30. The standard InChI is InChI=1S/C75H124O6/c1-4-7-10-13-16-19-22-25-28-31-34-37-40-43-46-49-52-55-58-61-64-67-73(76)79-70-72(81-75(78)69-66-63-60-57-54-51-48-45-42-39-36-33-30-27-24-21-18-15-12-9-6-3)71-80-74(77)68-65-62-59-56-53-50-47-44-41-38-35-32-29-26-23-20-17-14-11-8-5-2/h7,10,16,19,23-28,32-37,41-46,72H,4-6,8-9,11-15,17-18,20-22,29-31,38-40,47-71H2,1-3H3/b10-7-,19-16-,26-23-,27-24-,28-25-,35-32-,36-33-,37-34-,44-41-,45-42-,46-43-. The van der Waals surface area contributed by atoms with Crippen LogP contribution in [-0.2, 0) is 28.6 Å². The Kier molecular flexibility index (Phi) is 64.3. The molecule has 0 fully saturated rings. The van der Waals surface area contributed by atoms with E-state index >= 15 is 0 Å². The molecule has 0 N–H and O–H groups in total. The molecular formula is C75H124O6. The molecule has 0 saturated carbocycles. The summed E-state index contributed by atoms with van der Waals surface area (Å²) in [6.07, 6.45) is 95.9. The highest BCUT2D eigenvalue weighted by Gasteiger charge is 2.19. The third kappa shape index (κ3) is 66.2. The normalized spacial score (nSPS) is 13.0. The molecule has 1 atom stereocenters. The van der Waals surface area contributed by atoms with Gasteiger partial charge in [0.25, 0.3) is 0 Å². The molecule has 0 spiro atoms. The van der Waals surface area contributed by atoms with E-state index in [2.05, 4.69) is 154 Å². The largest absolute Gasteiger partial charge is 0.462 e. The Balaban J connectivity index is 4.50. The van der Waals surface area contributed by atoms with Gasteiger partial charge in [0, 0.05) is 19.3 Å². The second kappa shape index (κ2) is 68.1. The smallest absolute Gasteiger partial charge is 0.306 e. The van der Waals surface area contributed by atoms with Gasteiger partial charge in [-0.15, -0.1) is 0 Å². The predicted octanol–water partition coefficient (Wildman–Crippen LogP) is 23.3. The average molecular weight is 1120 g/mol. The highest BCUT2D eigenvalue weighted by Crippen LogP contribution is 2.15. The molecule has 0 aliphatic heterocycles. The van der Waals surface area contributed by atoms with Crippen LogP contribution in [0.25, 0.3) is 0 Å². The van der Waals surface area contributed by atoms with Gasteiger partial charge in [0.05, 0.1) is 0 Å². The van der Waals surface area contributed by atoms with Crippen LogP contribution in [0.1, 0.15) is 303 Å². The fourth-order valence-electron chi connectivity index (χ4n) is 9.07. The van der Waals surface area contributed by atoms with Crippen molar-refractivity contribution in [3.8, 4) is 0 Å². The predicted molar refractivity (Wildman–Crippen MR) is 353 cm³/mol. The number of esters is 3. The molecule has 0 aromatic heterocycles. The quantitative estimate of drug-likeness (QED) is 0.0261. The number of unbranched alkanes of at least 4 members (excludes halogenated alkanes) is 27. The van der Waals surface area contributed by atoms with Crippen molar-refractivity contribution in [1.82, 2.24) is 0 Å².